The van der Waals surface area contributed by atoms with Crippen molar-refractivity contribution in [3.8, 4) is 0 Å². The molecule has 0 fully saturated rings. The lowest BCUT2D eigenvalue weighted by atomic mass is 10.1. The topological polar surface area (TPSA) is 38.7 Å². The predicted octanol–water partition coefficient (Wildman–Crippen LogP) is 1.84. The Hall–Kier alpha value is -1.44. The highest BCUT2D eigenvalue weighted by Crippen LogP contribution is 2.18. The Morgan fingerprint density at radius 2 is 2.23 bits per heavy atom. The van der Waals surface area contributed by atoms with Gasteiger partial charge in [-0.2, -0.15) is 4.99 Å². The molecule has 3 nitrogen and oxygen atoms in total. The first kappa shape index (κ1) is 9.65. The third-order valence-corrected chi connectivity index (χ3v) is 1.73. The maximum absolute atomic E-state index is 10.1. The maximum atomic E-state index is 10.1. The van der Waals surface area contributed by atoms with Gasteiger partial charge in [-0.05, 0) is 18.1 Å². The molecule has 0 bridgehead atoms. The third kappa shape index (κ3) is 2.82. The van der Waals surface area contributed by atoms with Gasteiger partial charge in [0.25, 0.3) is 0 Å². The Balaban J connectivity index is 2.84. The molecule has 0 saturated carbocycles. The Bertz CT molecular complexity index is 316. The molecule has 0 unspecified atom stereocenters. The number of aliphatic imine (C=N–C) groups is 1. The van der Waals surface area contributed by atoms with Crippen LogP contribution in [0.3, 0.4) is 0 Å². The lowest BCUT2D eigenvalue weighted by molar-refractivity contribution is 0.202. The van der Waals surface area contributed by atoms with Crippen LogP contribution < -0.4 is 0 Å². The molecule has 0 aromatic heterocycles. The van der Waals surface area contributed by atoms with Gasteiger partial charge >= 0.3 is 0 Å². The molecule has 0 aliphatic carbocycles. The van der Waals surface area contributed by atoms with Crippen LogP contribution in [-0.2, 0) is 16.0 Å². The van der Waals surface area contributed by atoms with Gasteiger partial charge in [-0.15, -0.1) is 0 Å². The van der Waals surface area contributed by atoms with E-state index in [9.17, 15) is 4.79 Å². The molecule has 0 saturated heterocycles. The van der Waals surface area contributed by atoms with Crippen molar-refractivity contribution in [1.29, 1.82) is 0 Å². The SMILES string of the molecule is COCCc1ccccc1N=C=O. The van der Waals surface area contributed by atoms with Gasteiger partial charge in [-0.1, -0.05) is 18.2 Å². The lowest BCUT2D eigenvalue weighted by Crippen LogP contribution is -1.94. The normalized spacial score (nSPS) is 9.31. The second kappa shape index (κ2) is 5.25. The third-order valence-electron chi connectivity index (χ3n) is 1.73. The molecule has 0 spiro atoms. The number of carbonyl (C=O) groups excluding carboxylic acids is 1. The van der Waals surface area contributed by atoms with Crippen molar-refractivity contribution in [2.75, 3.05) is 13.7 Å². The summed E-state index contributed by atoms with van der Waals surface area (Å²) >= 11 is 0. The number of isocyanates is 1. The molecular formula is C10H11NO2. The summed E-state index contributed by atoms with van der Waals surface area (Å²) in [6.07, 6.45) is 2.30. The minimum atomic E-state index is 0.630. The van der Waals surface area contributed by atoms with Crippen LogP contribution in [0.2, 0.25) is 0 Å². The van der Waals surface area contributed by atoms with Gasteiger partial charge < -0.3 is 4.74 Å². The van der Waals surface area contributed by atoms with Gasteiger partial charge in [0.15, 0.2) is 0 Å². The second-order valence-corrected chi connectivity index (χ2v) is 2.57. The van der Waals surface area contributed by atoms with E-state index in [1.54, 1.807) is 13.2 Å². The van der Waals surface area contributed by atoms with E-state index in [1.807, 2.05) is 18.2 Å². The molecule has 0 radical (unpaired) electrons. The van der Waals surface area contributed by atoms with Crippen molar-refractivity contribution in [1.82, 2.24) is 0 Å². The average molecular weight is 177 g/mol. The minimum absolute atomic E-state index is 0.630. The van der Waals surface area contributed by atoms with Gasteiger partial charge in [0.1, 0.15) is 0 Å². The fourth-order valence-corrected chi connectivity index (χ4v) is 1.09. The highest BCUT2D eigenvalue weighted by atomic mass is 16.5. The van der Waals surface area contributed by atoms with E-state index in [-0.39, 0.29) is 0 Å². The molecule has 1 aromatic carbocycles. The van der Waals surface area contributed by atoms with E-state index < -0.39 is 0 Å². The fraction of sp³-hybridized carbons (Fsp3) is 0.300. The number of benzene rings is 1. The quantitative estimate of drug-likeness (QED) is 0.520. The summed E-state index contributed by atoms with van der Waals surface area (Å²) in [6.45, 7) is 0.630. The largest absolute Gasteiger partial charge is 0.384 e. The summed E-state index contributed by atoms with van der Waals surface area (Å²) in [6, 6.07) is 7.46. The summed E-state index contributed by atoms with van der Waals surface area (Å²) in [7, 11) is 1.64. The molecule has 0 amide bonds. The maximum Gasteiger partial charge on any atom is 0.240 e. The summed E-state index contributed by atoms with van der Waals surface area (Å²) in [4.78, 5) is 13.7. The van der Waals surface area contributed by atoms with E-state index >= 15 is 0 Å². The molecule has 68 valence electrons. The van der Waals surface area contributed by atoms with Crippen LogP contribution in [0.25, 0.3) is 0 Å². The van der Waals surface area contributed by atoms with Crippen LogP contribution in [0.1, 0.15) is 5.56 Å². The van der Waals surface area contributed by atoms with E-state index in [1.165, 1.54) is 6.08 Å². The number of rotatable bonds is 4. The monoisotopic (exact) mass is 177 g/mol. The van der Waals surface area contributed by atoms with E-state index in [0.29, 0.717) is 12.3 Å². The van der Waals surface area contributed by atoms with Crippen LogP contribution in [0.15, 0.2) is 29.3 Å². The Kier molecular flexibility index (Phi) is 3.89. The van der Waals surface area contributed by atoms with Crippen LogP contribution in [0.5, 0.6) is 0 Å². The van der Waals surface area contributed by atoms with Crippen molar-refractivity contribution < 1.29 is 9.53 Å². The minimum Gasteiger partial charge on any atom is -0.384 e. The molecular weight excluding hydrogens is 166 g/mol. The summed E-state index contributed by atoms with van der Waals surface area (Å²) < 4.78 is 4.94. The Morgan fingerprint density at radius 1 is 1.46 bits per heavy atom. The van der Waals surface area contributed by atoms with Crippen LogP contribution >= 0.6 is 0 Å². The molecule has 0 aliphatic heterocycles. The predicted molar refractivity (Wildman–Crippen MR) is 49.8 cm³/mol. The van der Waals surface area contributed by atoms with E-state index in [2.05, 4.69) is 4.99 Å². The molecule has 1 rings (SSSR count). The average Bonchev–Trinajstić information content (AvgIpc) is 2.17. The van der Waals surface area contributed by atoms with Gasteiger partial charge in [0.05, 0.1) is 12.3 Å². The second-order valence-electron chi connectivity index (χ2n) is 2.57. The lowest BCUT2D eigenvalue weighted by Gasteiger charge is -2.02. The summed E-state index contributed by atoms with van der Waals surface area (Å²) in [5, 5.41) is 0. The Morgan fingerprint density at radius 3 is 2.92 bits per heavy atom. The molecule has 1 aromatic rings. The first-order valence-corrected chi connectivity index (χ1v) is 4.03. The van der Waals surface area contributed by atoms with Crippen LogP contribution in [-0.4, -0.2) is 19.8 Å². The summed E-state index contributed by atoms with van der Waals surface area (Å²) in [5.41, 5.74) is 1.68. The molecule has 3 heteroatoms. The molecule has 0 atom stereocenters. The van der Waals surface area contributed by atoms with Gasteiger partial charge in [0, 0.05) is 7.11 Å². The smallest absolute Gasteiger partial charge is 0.240 e. The fourth-order valence-electron chi connectivity index (χ4n) is 1.09. The zero-order valence-electron chi connectivity index (χ0n) is 7.49. The zero-order chi connectivity index (χ0) is 9.52. The number of nitrogens with zero attached hydrogens (tertiary/aromatic N) is 1. The molecule has 0 N–H and O–H groups in total. The van der Waals surface area contributed by atoms with Crippen LogP contribution in [0, 0.1) is 0 Å². The number of hydrogen-bond donors (Lipinski definition) is 0. The highest BCUT2D eigenvalue weighted by Gasteiger charge is 1.98. The molecule has 0 heterocycles. The van der Waals surface area contributed by atoms with Gasteiger partial charge in [0.2, 0.25) is 6.08 Å². The Labute approximate surface area is 77.1 Å². The summed E-state index contributed by atoms with van der Waals surface area (Å²) in [5.74, 6) is 0. The van der Waals surface area contributed by atoms with Gasteiger partial charge in [-0.3, -0.25) is 0 Å². The van der Waals surface area contributed by atoms with Crippen molar-refractivity contribution in [2.45, 2.75) is 6.42 Å². The standard InChI is InChI=1S/C10H11NO2/c1-13-7-6-9-4-2-3-5-10(9)11-8-12/h2-5H,6-7H2,1H3. The van der Waals surface area contributed by atoms with Crippen molar-refractivity contribution in [3.63, 3.8) is 0 Å². The number of hydrogen-bond acceptors (Lipinski definition) is 3. The first-order chi connectivity index (χ1) is 6.38. The van der Waals surface area contributed by atoms with Crippen LogP contribution in [0.4, 0.5) is 5.69 Å². The van der Waals surface area contributed by atoms with Crippen molar-refractivity contribution >= 4 is 11.8 Å². The molecule has 13 heavy (non-hydrogen) atoms. The zero-order valence-corrected chi connectivity index (χ0v) is 7.49. The number of ether oxygens (including phenoxy) is 1. The van der Waals surface area contributed by atoms with E-state index in [0.717, 1.165) is 12.0 Å². The van der Waals surface area contributed by atoms with E-state index in [4.69, 9.17) is 4.74 Å². The number of para-hydroxylation sites is 1. The highest BCUT2D eigenvalue weighted by molar-refractivity contribution is 5.53. The van der Waals surface area contributed by atoms with Crippen molar-refractivity contribution in [3.05, 3.63) is 29.8 Å². The molecule has 0 aliphatic rings. The number of methoxy groups -OCH3 is 1. The first-order valence-electron chi connectivity index (χ1n) is 4.03. The van der Waals surface area contributed by atoms with Gasteiger partial charge in [-0.25, -0.2) is 4.79 Å². The van der Waals surface area contributed by atoms with Crippen molar-refractivity contribution in [2.24, 2.45) is 4.99 Å².